The molecule has 2 atom stereocenters. The van der Waals surface area contributed by atoms with E-state index in [2.05, 4.69) is 9.97 Å². The van der Waals surface area contributed by atoms with Gasteiger partial charge in [-0.3, -0.25) is 4.79 Å². The van der Waals surface area contributed by atoms with Crippen LogP contribution in [-0.2, 0) is 0 Å². The molecule has 6 heteroatoms. The van der Waals surface area contributed by atoms with Crippen LogP contribution in [0.5, 0.6) is 0 Å². The Balaban J connectivity index is 2.18. The molecule has 4 N–H and O–H groups in total. The molecule has 0 radical (unpaired) electrons. The van der Waals surface area contributed by atoms with Gasteiger partial charge < -0.3 is 20.6 Å². The molecule has 0 aromatic carbocycles. The van der Waals surface area contributed by atoms with Gasteiger partial charge in [-0.1, -0.05) is 12.8 Å². The van der Waals surface area contributed by atoms with Crippen molar-refractivity contribution in [3.8, 4) is 0 Å². The molecule has 2 rings (SSSR count). The lowest BCUT2D eigenvalue weighted by molar-refractivity contribution is 0.0554. The fraction of sp³-hybridized carbons (Fsp3) is 0.692. The van der Waals surface area contributed by atoms with Crippen molar-refractivity contribution in [3.63, 3.8) is 0 Å². The van der Waals surface area contributed by atoms with Crippen molar-refractivity contribution < 1.29 is 4.79 Å². The monoisotopic (exact) mass is 266 g/mol. The van der Waals surface area contributed by atoms with E-state index in [9.17, 15) is 9.59 Å². The predicted molar refractivity (Wildman–Crippen MR) is 72.9 cm³/mol. The third-order valence-corrected chi connectivity index (χ3v) is 4.00. The van der Waals surface area contributed by atoms with E-state index in [1.165, 1.54) is 12.6 Å². The Morgan fingerprint density at radius 3 is 2.79 bits per heavy atom. The van der Waals surface area contributed by atoms with E-state index < -0.39 is 0 Å². The number of hydrogen-bond acceptors (Lipinski definition) is 3. The predicted octanol–water partition coefficient (Wildman–Crippen LogP) is 0.683. The molecule has 2 unspecified atom stereocenters. The maximum absolute atomic E-state index is 12.4. The Bertz CT molecular complexity index is 479. The van der Waals surface area contributed by atoms with Crippen LogP contribution in [0.4, 0.5) is 0 Å². The van der Waals surface area contributed by atoms with E-state index in [0.717, 1.165) is 19.3 Å². The Morgan fingerprint density at radius 2 is 2.21 bits per heavy atom. The van der Waals surface area contributed by atoms with Crippen molar-refractivity contribution in [1.82, 2.24) is 14.9 Å². The molecule has 0 saturated heterocycles. The molecule has 1 aliphatic carbocycles. The molecule has 1 heterocycles. The number of aromatic nitrogens is 2. The van der Waals surface area contributed by atoms with Crippen molar-refractivity contribution in [2.45, 2.75) is 38.6 Å². The molecule has 19 heavy (non-hydrogen) atoms. The highest BCUT2D eigenvalue weighted by Crippen LogP contribution is 2.28. The first-order chi connectivity index (χ1) is 9.17. The Morgan fingerprint density at radius 1 is 1.47 bits per heavy atom. The molecular formula is C13H22N4O2. The minimum absolute atomic E-state index is 0.119. The van der Waals surface area contributed by atoms with Gasteiger partial charge in [0.25, 0.3) is 5.91 Å². The van der Waals surface area contributed by atoms with Crippen LogP contribution in [0.25, 0.3) is 0 Å². The highest BCUT2D eigenvalue weighted by atomic mass is 16.2. The molecule has 6 nitrogen and oxygen atoms in total. The van der Waals surface area contributed by atoms with Crippen LogP contribution < -0.4 is 11.4 Å². The third kappa shape index (κ3) is 2.89. The molecule has 1 aromatic rings. The minimum Gasteiger partial charge on any atom is -0.334 e. The number of imidazole rings is 1. The zero-order valence-corrected chi connectivity index (χ0v) is 11.3. The van der Waals surface area contributed by atoms with Gasteiger partial charge in [0, 0.05) is 18.8 Å². The second-order valence-electron chi connectivity index (χ2n) is 5.10. The van der Waals surface area contributed by atoms with Gasteiger partial charge in [0.2, 0.25) is 0 Å². The topological polar surface area (TPSA) is 95.0 Å². The van der Waals surface area contributed by atoms with Crippen LogP contribution in [0.1, 0.15) is 43.1 Å². The Hall–Kier alpha value is -1.56. The quantitative estimate of drug-likeness (QED) is 0.748. The van der Waals surface area contributed by atoms with Crippen molar-refractivity contribution in [2.24, 2.45) is 11.7 Å². The van der Waals surface area contributed by atoms with Gasteiger partial charge in [-0.05, 0) is 32.2 Å². The first-order valence-corrected chi connectivity index (χ1v) is 6.96. The van der Waals surface area contributed by atoms with Gasteiger partial charge in [0.15, 0.2) is 0 Å². The Kier molecular flexibility index (Phi) is 4.42. The summed E-state index contributed by atoms with van der Waals surface area (Å²) >= 11 is 0. The molecule has 0 spiro atoms. The van der Waals surface area contributed by atoms with Gasteiger partial charge in [0.05, 0.1) is 0 Å². The van der Waals surface area contributed by atoms with Crippen LogP contribution in [0.3, 0.4) is 0 Å². The average Bonchev–Trinajstić information content (AvgIpc) is 2.86. The smallest absolute Gasteiger partial charge is 0.323 e. The molecule has 0 bridgehead atoms. The van der Waals surface area contributed by atoms with E-state index >= 15 is 0 Å². The van der Waals surface area contributed by atoms with Crippen LogP contribution in [0.2, 0.25) is 0 Å². The Labute approximate surface area is 112 Å². The van der Waals surface area contributed by atoms with Crippen LogP contribution in [0, 0.1) is 5.92 Å². The molecular weight excluding hydrogens is 244 g/mol. The number of amides is 1. The molecule has 1 fully saturated rings. The highest BCUT2D eigenvalue weighted by molar-refractivity contribution is 5.92. The fourth-order valence-electron chi connectivity index (χ4n) is 3.00. The van der Waals surface area contributed by atoms with Crippen LogP contribution in [0.15, 0.2) is 11.0 Å². The largest absolute Gasteiger partial charge is 0.334 e. The first-order valence-electron chi connectivity index (χ1n) is 6.96. The number of carbonyl (C=O) groups is 1. The number of carbonyl (C=O) groups excluding carboxylic acids is 1. The zero-order valence-electron chi connectivity index (χ0n) is 11.3. The van der Waals surface area contributed by atoms with Gasteiger partial charge in [0.1, 0.15) is 5.69 Å². The van der Waals surface area contributed by atoms with Crippen molar-refractivity contribution >= 4 is 5.91 Å². The summed E-state index contributed by atoms with van der Waals surface area (Å²) in [4.78, 5) is 30.4. The first kappa shape index (κ1) is 13.9. The van der Waals surface area contributed by atoms with Crippen molar-refractivity contribution in [2.75, 3.05) is 13.1 Å². The van der Waals surface area contributed by atoms with Gasteiger partial charge >= 0.3 is 5.69 Å². The number of H-pyrrole nitrogens is 2. The highest BCUT2D eigenvalue weighted by Gasteiger charge is 2.32. The number of nitrogens with zero attached hydrogens (tertiary/aromatic N) is 1. The summed E-state index contributed by atoms with van der Waals surface area (Å²) in [6.45, 7) is 3.20. The number of nitrogens with two attached hydrogens (primary N) is 1. The lowest BCUT2D eigenvalue weighted by Crippen LogP contribution is -2.48. The summed E-state index contributed by atoms with van der Waals surface area (Å²) in [5, 5.41) is 0. The van der Waals surface area contributed by atoms with Crippen LogP contribution >= 0.6 is 0 Å². The van der Waals surface area contributed by atoms with Gasteiger partial charge in [-0.2, -0.15) is 0 Å². The summed E-state index contributed by atoms with van der Waals surface area (Å²) in [5.41, 5.74) is 5.81. The molecule has 1 aliphatic rings. The van der Waals surface area contributed by atoms with Crippen LogP contribution in [-0.4, -0.2) is 39.9 Å². The summed E-state index contributed by atoms with van der Waals surface area (Å²) in [6, 6.07) is 0.189. The maximum atomic E-state index is 12.4. The summed E-state index contributed by atoms with van der Waals surface area (Å²) in [6.07, 6.45) is 5.83. The third-order valence-electron chi connectivity index (χ3n) is 4.00. The summed E-state index contributed by atoms with van der Waals surface area (Å²) in [5.74, 6) is 0.245. The minimum atomic E-state index is -0.349. The summed E-state index contributed by atoms with van der Waals surface area (Å²) in [7, 11) is 0. The second-order valence-corrected chi connectivity index (χ2v) is 5.10. The molecule has 1 amide bonds. The average molecular weight is 266 g/mol. The van der Waals surface area contributed by atoms with E-state index in [1.807, 2.05) is 11.8 Å². The molecule has 1 aromatic heterocycles. The fourth-order valence-corrected chi connectivity index (χ4v) is 3.00. The van der Waals surface area contributed by atoms with E-state index in [0.29, 0.717) is 24.7 Å². The molecule has 0 aliphatic heterocycles. The maximum Gasteiger partial charge on any atom is 0.323 e. The normalized spacial score (nSPS) is 23.3. The standard InChI is InChI=1S/C13H22N4O2/c1-2-17(11-6-4-3-5-9(11)7-14)12(18)10-8-15-13(19)16-10/h8-9,11H,2-7,14H2,1H3,(H2,15,16,19). The van der Waals surface area contributed by atoms with E-state index in [-0.39, 0.29) is 17.6 Å². The number of nitrogens with one attached hydrogen (secondary N) is 2. The van der Waals surface area contributed by atoms with Gasteiger partial charge in [-0.25, -0.2) is 4.79 Å². The number of aromatic amines is 2. The zero-order chi connectivity index (χ0) is 13.8. The number of hydrogen-bond donors (Lipinski definition) is 3. The lowest BCUT2D eigenvalue weighted by atomic mass is 9.83. The molecule has 106 valence electrons. The van der Waals surface area contributed by atoms with E-state index in [1.54, 1.807) is 0 Å². The summed E-state index contributed by atoms with van der Waals surface area (Å²) < 4.78 is 0. The van der Waals surface area contributed by atoms with E-state index in [4.69, 9.17) is 5.73 Å². The van der Waals surface area contributed by atoms with Crippen molar-refractivity contribution in [1.29, 1.82) is 0 Å². The lowest BCUT2D eigenvalue weighted by Gasteiger charge is -2.39. The van der Waals surface area contributed by atoms with Gasteiger partial charge in [-0.15, -0.1) is 0 Å². The van der Waals surface area contributed by atoms with Crippen molar-refractivity contribution in [3.05, 3.63) is 22.4 Å². The second kappa shape index (κ2) is 6.06. The number of rotatable bonds is 4. The SMILES string of the molecule is CCN(C(=O)c1c[nH]c(=O)[nH]1)C1CCCCC1CN. The molecule has 1 saturated carbocycles.